The molecular formula is C30H20Cl2N2. The molecule has 4 heteroatoms. The topological polar surface area (TPSA) is 8.17 Å². The van der Waals surface area contributed by atoms with Gasteiger partial charge in [0.15, 0.2) is 0 Å². The number of para-hydroxylation sites is 2. The van der Waals surface area contributed by atoms with E-state index in [1.807, 2.05) is 36.4 Å². The van der Waals surface area contributed by atoms with Crippen molar-refractivity contribution in [3.8, 4) is 5.69 Å². The van der Waals surface area contributed by atoms with Gasteiger partial charge in [0, 0.05) is 43.6 Å². The van der Waals surface area contributed by atoms with E-state index in [0.29, 0.717) is 10.0 Å². The minimum Gasteiger partial charge on any atom is -0.311 e. The predicted molar refractivity (Wildman–Crippen MR) is 145 cm³/mol. The van der Waals surface area contributed by atoms with E-state index in [1.165, 1.54) is 0 Å². The van der Waals surface area contributed by atoms with Gasteiger partial charge in [-0.15, -0.1) is 0 Å². The first-order chi connectivity index (χ1) is 16.7. The van der Waals surface area contributed by atoms with Crippen molar-refractivity contribution in [2.75, 3.05) is 4.90 Å². The number of aromatic nitrogens is 1. The molecule has 1 heterocycles. The molecule has 1 aromatic heterocycles. The molecule has 5 aromatic carbocycles. The quantitative estimate of drug-likeness (QED) is 0.244. The first-order valence-corrected chi connectivity index (χ1v) is 11.8. The highest BCUT2D eigenvalue weighted by Crippen LogP contribution is 2.37. The number of hydrogen-bond donors (Lipinski definition) is 0. The molecule has 0 bridgehead atoms. The summed E-state index contributed by atoms with van der Waals surface area (Å²) in [6, 6.07) is 41.5. The lowest BCUT2D eigenvalue weighted by atomic mass is 10.1. The van der Waals surface area contributed by atoms with E-state index >= 15 is 0 Å². The smallest absolute Gasteiger partial charge is 0.0542 e. The fourth-order valence-corrected chi connectivity index (χ4v) is 4.94. The van der Waals surface area contributed by atoms with Gasteiger partial charge in [-0.2, -0.15) is 0 Å². The summed E-state index contributed by atoms with van der Waals surface area (Å²) in [6.45, 7) is 0. The number of anilines is 3. The van der Waals surface area contributed by atoms with Crippen LogP contribution in [0, 0.1) is 0 Å². The molecule has 0 aliphatic heterocycles. The fraction of sp³-hybridized carbons (Fsp3) is 0. The first-order valence-electron chi connectivity index (χ1n) is 11.1. The summed E-state index contributed by atoms with van der Waals surface area (Å²) in [4.78, 5) is 2.26. The largest absolute Gasteiger partial charge is 0.311 e. The first kappa shape index (κ1) is 20.9. The van der Waals surface area contributed by atoms with Crippen molar-refractivity contribution in [3.63, 3.8) is 0 Å². The second kappa shape index (κ2) is 8.57. The molecule has 0 fully saturated rings. The summed E-state index contributed by atoms with van der Waals surface area (Å²) in [6.07, 6.45) is 0. The predicted octanol–water partition coefficient (Wildman–Crippen LogP) is 9.56. The molecule has 6 rings (SSSR count). The molecule has 0 spiro atoms. The number of hydrogen-bond acceptors (Lipinski definition) is 1. The highest BCUT2D eigenvalue weighted by Gasteiger charge is 2.15. The van der Waals surface area contributed by atoms with E-state index < -0.39 is 0 Å². The van der Waals surface area contributed by atoms with Gasteiger partial charge in [-0.3, -0.25) is 0 Å². The van der Waals surface area contributed by atoms with Crippen LogP contribution in [0.25, 0.3) is 27.5 Å². The second-order valence-corrected chi connectivity index (χ2v) is 9.05. The normalized spacial score (nSPS) is 11.2. The van der Waals surface area contributed by atoms with Crippen LogP contribution >= 0.6 is 23.2 Å². The Labute approximate surface area is 208 Å². The van der Waals surface area contributed by atoms with E-state index in [1.54, 1.807) is 0 Å². The summed E-state index contributed by atoms with van der Waals surface area (Å²) in [7, 11) is 0. The number of nitrogens with zero attached hydrogens (tertiary/aromatic N) is 2. The molecule has 0 atom stereocenters. The molecule has 0 N–H and O–H groups in total. The minimum atomic E-state index is 0.711. The maximum absolute atomic E-state index is 6.34. The number of benzene rings is 5. The third-order valence-electron chi connectivity index (χ3n) is 6.08. The molecule has 6 aromatic rings. The van der Waals surface area contributed by atoms with Crippen molar-refractivity contribution in [2.45, 2.75) is 0 Å². The van der Waals surface area contributed by atoms with Crippen molar-refractivity contribution >= 4 is 62.1 Å². The maximum atomic E-state index is 6.34. The van der Waals surface area contributed by atoms with Gasteiger partial charge in [-0.1, -0.05) is 59.6 Å². The monoisotopic (exact) mass is 478 g/mol. The van der Waals surface area contributed by atoms with E-state index in [9.17, 15) is 0 Å². The van der Waals surface area contributed by atoms with Crippen LogP contribution < -0.4 is 4.90 Å². The SMILES string of the molecule is Clc1ccc2c(c1)c1cc(Cl)ccc1n2-c1ccc(N(c2ccccc2)c2ccccc2)cc1. The van der Waals surface area contributed by atoms with Gasteiger partial charge in [0.05, 0.1) is 11.0 Å². The average molecular weight is 479 g/mol. The molecule has 0 aliphatic rings. The van der Waals surface area contributed by atoms with Crippen molar-refractivity contribution in [2.24, 2.45) is 0 Å². The van der Waals surface area contributed by atoms with Crippen LogP contribution in [0.2, 0.25) is 10.0 Å². The molecule has 0 saturated carbocycles. The van der Waals surface area contributed by atoms with Crippen LogP contribution in [-0.4, -0.2) is 4.57 Å². The van der Waals surface area contributed by atoms with Crippen LogP contribution in [0.3, 0.4) is 0 Å². The second-order valence-electron chi connectivity index (χ2n) is 8.18. The van der Waals surface area contributed by atoms with Crippen molar-refractivity contribution in [3.05, 3.63) is 131 Å². The maximum Gasteiger partial charge on any atom is 0.0542 e. The van der Waals surface area contributed by atoms with Crippen molar-refractivity contribution in [1.29, 1.82) is 0 Å². The molecule has 0 unspecified atom stereocenters. The molecule has 2 nitrogen and oxygen atoms in total. The summed E-state index contributed by atoms with van der Waals surface area (Å²) >= 11 is 12.7. The molecule has 164 valence electrons. The van der Waals surface area contributed by atoms with E-state index in [4.69, 9.17) is 23.2 Å². The zero-order valence-electron chi connectivity index (χ0n) is 18.2. The summed E-state index contributed by atoms with van der Waals surface area (Å²) in [5, 5.41) is 3.60. The van der Waals surface area contributed by atoms with Crippen LogP contribution in [0.5, 0.6) is 0 Å². The number of rotatable bonds is 4. The molecule has 0 aliphatic carbocycles. The fourth-order valence-electron chi connectivity index (χ4n) is 4.60. The van der Waals surface area contributed by atoms with E-state index in [-0.39, 0.29) is 0 Å². The Hall–Kier alpha value is -3.72. The standard InChI is InChI=1S/C30H20Cl2N2/c31-21-11-17-29-27(19-21)28-20-22(32)12-18-30(28)34(29)26-15-13-25(14-16-26)33(23-7-3-1-4-8-23)24-9-5-2-6-10-24/h1-20H. The molecule has 0 radical (unpaired) electrons. The average Bonchev–Trinajstić information content (AvgIpc) is 3.19. The Morgan fingerprint density at radius 3 is 1.38 bits per heavy atom. The Balaban J connectivity index is 1.51. The van der Waals surface area contributed by atoms with Crippen molar-refractivity contribution < 1.29 is 0 Å². The van der Waals surface area contributed by atoms with Gasteiger partial charge >= 0.3 is 0 Å². The van der Waals surface area contributed by atoms with Gasteiger partial charge in [0.2, 0.25) is 0 Å². The van der Waals surface area contributed by atoms with Crippen LogP contribution in [-0.2, 0) is 0 Å². The Bertz CT molecular complexity index is 1510. The van der Waals surface area contributed by atoms with Crippen LogP contribution in [0.1, 0.15) is 0 Å². The van der Waals surface area contributed by atoms with Gasteiger partial charge in [-0.25, -0.2) is 0 Å². The summed E-state index contributed by atoms with van der Waals surface area (Å²) < 4.78 is 2.26. The Morgan fingerprint density at radius 2 is 0.912 bits per heavy atom. The third kappa shape index (κ3) is 3.62. The van der Waals surface area contributed by atoms with Crippen LogP contribution in [0.4, 0.5) is 17.1 Å². The zero-order chi connectivity index (χ0) is 23.1. The molecular weight excluding hydrogens is 459 g/mol. The summed E-state index contributed by atoms with van der Waals surface area (Å²) in [5.41, 5.74) is 6.59. The number of halogens is 2. The molecule has 0 amide bonds. The lowest BCUT2D eigenvalue weighted by Crippen LogP contribution is -2.09. The molecule has 34 heavy (non-hydrogen) atoms. The minimum absolute atomic E-state index is 0.711. The van der Waals surface area contributed by atoms with Crippen LogP contribution in [0.15, 0.2) is 121 Å². The van der Waals surface area contributed by atoms with E-state index in [0.717, 1.165) is 44.6 Å². The lowest BCUT2D eigenvalue weighted by molar-refractivity contribution is 1.17. The van der Waals surface area contributed by atoms with Gasteiger partial charge in [-0.05, 0) is 84.9 Å². The zero-order valence-corrected chi connectivity index (χ0v) is 19.7. The molecule has 0 saturated heterocycles. The van der Waals surface area contributed by atoms with E-state index in [2.05, 4.69) is 94.4 Å². The summed E-state index contributed by atoms with van der Waals surface area (Å²) in [5.74, 6) is 0. The third-order valence-corrected chi connectivity index (χ3v) is 6.55. The Morgan fingerprint density at radius 1 is 0.471 bits per heavy atom. The highest BCUT2D eigenvalue weighted by atomic mass is 35.5. The van der Waals surface area contributed by atoms with Crippen molar-refractivity contribution in [1.82, 2.24) is 4.57 Å². The van der Waals surface area contributed by atoms with Gasteiger partial charge < -0.3 is 9.47 Å². The Kier molecular flexibility index (Phi) is 5.26. The van der Waals surface area contributed by atoms with Gasteiger partial charge in [0.25, 0.3) is 0 Å². The highest BCUT2D eigenvalue weighted by molar-refractivity contribution is 6.33. The lowest BCUT2D eigenvalue weighted by Gasteiger charge is -2.25. The van der Waals surface area contributed by atoms with Gasteiger partial charge in [0.1, 0.15) is 0 Å². The number of fused-ring (bicyclic) bond motifs is 3.